The molecule has 7 rings (SSSR count). The van der Waals surface area contributed by atoms with Crippen LogP contribution in [0.2, 0.25) is 0 Å². The van der Waals surface area contributed by atoms with Gasteiger partial charge in [0.15, 0.2) is 11.5 Å². The molecule has 0 radical (unpaired) electrons. The van der Waals surface area contributed by atoms with Gasteiger partial charge in [-0.2, -0.15) is 0 Å². The van der Waals surface area contributed by atoms with E-state index >= 15 is 0 Å². The predicted octanol–water partition coefficient (Wildman–Crippen LogP) is 3.46. The van der Waals surface area contributed by atoms with Gasteiger partial charge in [-0.3, -0.25) is 27.7 Å². The minimum Gasteiger partial charge on any atom is -0.778 e. The highest BCUT2D eigenvalue weighted by Gasteiger charge is 2.38. The second-order valence-corrected chi connectivity index (χ2v) is 23.2. The summed E-state index contributed by atoms with van der Waals surface area (Å²) in [6.07, 6.45) is -0.847. The summed E-state index contributed by atoms with van der Waals surface area (Å²) in [6, 6.07) is 22.3. The number of imidazole rings is 1. The highest BCUT2D eigenvalue weighted by atomic mass is 31.3. The molecule has 27 nitrogen and oxygen atoms in total. The Morgan fingerprint density at radius 2 is 1.32 bits per heavy atom. The van der Waals surface area contributed by atoms with Crippen LogP contribution in [0.1, 0.15) is 25.2 Å². The molecule has 5 unspecified atom stereocenters. The van der Waals surface area contributed by atoms with Gasteiger partial charge in [0.1, 0.15) is 31.8 Å². The Bertz CT molecular complexity index is 2990. The molecule has 0 aliphatic carbocycles. The third-order valence-corrected chi connectivity index (χ3v) is 16.7. The summed E-state index contributed by atoms with van der Waals surface area (Å²) in [5.41, 5.74) is 15.3. The molecule has 0 bridgehead atoms. The molecule has 8 atom stereocenters. The normalized spacial score (nSPS) is 20.9. The number of nitrogens with one attached hydrogen (secondary N) is 1. The van der Waals surface area contributed by atoms with Crippen molar-refractivity contribution in [2.24, 2.45) is 0 Å². The van der Waals surface area contributed by atoms with E-state index in [4.69, 9.17) is 26.0 Å². The molecule has 2 aromatic heterocycles. The number of aryl methyl sites for hydroxylation is 2. The lowest BCUT2D eigenvalue weighted by Gasteiger charge is -2.31. The lowest BCUT2D eigenvalue weighted by Crippen LogP contribution is -2.27. The summed E-state index contributed by atoms with van der Waals surface area (Å²) >= 11 is 0. The Morgan fingerprint density at radius 1 is 0.758 bits per heavy atom. The van der Waals surface area contributed by atoms with Gasteiger partial charge in [-0.15, -0.1) is 0 Å². The lowest BCUT2D eigenvalue weighted by atomic mass is 10.0. The average Bonchev–Trinajstić information content (AvgIpc) is 3.76. The average molecular weight is 1040 g/mol. The summed E-state index contributed by atoms with van der Waals surface area (Å²) in [7, 11) is -32.4. The van der Waals surface area contributed by atoms with Gasteiger partial charge in [0, 0.05) is 31.0 Å². The zero-order valence-corrected chi connectivity index (χ0v) is 39.5. The Hall–Kier alpha value is -3.83. The van der Waals surface area contributed by atoms with Crippen molar-refractivity contribution in [3.8, 4) is 0 Å². The number of anilines is 3. The summed E-state index contributed by atoms with van der Waals surface area (Å²) in [6.45, 7) is 3.55. The fraction of sp³-hybridized carbons (Fsp3) is 0.242. The second kappa shape index (κ2) is 20.8. The van der Waals surface area contributed by atoms with Crippen molar-refractivity contribution in [2.45, 2.75) is 38.7 Å². The quantitative estimate of drug-likeness (QED) is 0.0606. The summed E-state index contributed by atoms with van der Waals surface area (Å²) in [4.78, 5) is 83.5. The minimum absolute atomic E-state index is 0. The van der Waals surface area contributed by atoms with Gasteiger partial charge < -0.3 is 64.7 Å². The summed E-state index contributed by atoms with van der Waals surface area (Å²) < 4.78 is 93.3. The van der Waals surface area contributed by atoms with E-state index < -0.39 is 71.7 Å². The summed E-state index contributed by atoms with van der Waals surface area (Å²) in [5, 5.41) is 15.9. The van der Waals surface area contributed by atoms with Crippen molar-refractivity contribution in [3.63, 3.8) is 0 Å². The number of hydrogen-bond donors (Lipinski definition) is 7. The number of nitrogens with zero attached hydrogens (tertiary/aromatic N) is 4. The Kier molecular flexibility index (Phi) is 16.7. The number of benzene rings is 4. The lowest BCUT2D eigenvalue weighted by molar-refractivity contribution is -0.242. The molecule has 6 aromatic rings. The molecule has 9 N–H and O–H groups in total. The molecule has 33 heteroatoms. The number of phosphoric ester groups is 1. The van der Waals surface area contributed by atoms with Crippen LogP contribution >= 0.6 is 46.6 Å². The maximum absolute atomic E-state index is 12.0. The van der Waals surface area contributed by atoms with Crippen molar-refractivity contribution in [1.29, 1.82) is 0 Å². The topological polar surface area (TPSA) is 439 Å². The fourth-order valence-corrected chi connectivity index (χ4v) is 12.6. The predicted molar refractivity (Wildman–Crippen MR) is 230 cm³/mol. The van der Waals surface area contributed by atoms with E-state index in [1.807, 2.05) is 31.2 Å². The molecule has 0 spiro atoms. The molecule has 1 aliphatic rings. The molecule has 4 aromatic carbocycles. The Morgan fingerprint density at radius 3 is 1.92 bits per heavy atom. The zero-order chi connectivity index (χ0) is 49.0. The third-order valence-electron chi connectivity index (χ3n) is 8.74. The van der Waals surface area contributed by atoms with Crippen LogP contribution in [0.3, 0.4) is 0 Å². The number of nitrogen functional groups attached to an aromatic ring is 2. The van der Waals surface area contributed by atoms with E-state index in [9.17, 15) is 57.0 Å². The molecular weight excluding hydrogens is 1000 g/mol. The maximum Gasteiger partial charge on any atom is 0.476 e. The van der Waals surface area contributed by atoms with Gasteiger partial charge in [-0.1, -0.05) is 60.7 Å². The number of hydrogen-bond acceptors (Lipinski definition) is 22. The van der Waals surface area contributed by atoms with E-state index in [2.05, 4.69) is 66.9 Å². The minimum atomic E-state index is -5.95. The monoisotopic (exact) mass is 1040 g/mol. The van der Waals surface area contributed by atoms with Crippen LogP contribution in [0.5, 0.6) is 0 Å². The number of rotatable bonds is 14. The third kappa shape index (κ3) is 15.1. The maximum atomic E-state index is 12.0. The first-order valence-electron chi connectivity index (χ1n) is 18.3. The smallest absolute Gasteiger partial charge is 0.476 e. The Balaban J connectivity index is 0.000000236. The molecule has 1 fully saturated rings. The summed E-state index contributed by atoms with van der Waals surface area (Å²) in [5.74, 6) is 0.112. The van der Waals surface area contributed by atoms with Gasteiger partial charge in [0.25, 0.3) is 23.5 Å². The van der Waals surface area contributed by atoms with Gasteiger partial charge in [-0.25, -0.2) is 37.0 Å². The molecule has 0 saturated carbocycles. The van der Waals surface area contributed by atoms with E-state index in [1.54, 1.807) is 24.3 Å². The van der Waals surface area contributed by atoms with E-state index in [-0.39, 0.29) is 24.9 Å². The number of nitrogens with two attached hydrogens (primary N) is 2. The number of fused-ring (bicyclic) bond motifs is 3. The van der Waals surface area contributed by atoms with Crippen LogP contribution < -0.4 is 36.1 Å². The molecular formula is C33H41N7O20P6-4. The van der Waals surface area contributed by atoms with Crippen LogP contribution in [0.15, 0.2) is 85.5 Å². The molecule has 362 valence electrons. The number of aliphatic hydroxyl groups excluding tert-OH is 1. The van der Waals surface area contributed by atoms with E-state index in [0.29, 0.717) is 17.7 Å². The van der Waals surface area contributed by atoms with Crippen molar-refractivity contribution in [3.05, 3.63) is 96.6 Å². The van der Waals surface area contributed by atoms with Crippen LogP contribution in [0, 0.1) is 13.8 Å². The van der Waals surface area contributed by atoms with Crippen LogP contribution in [-0.2, 0) is 53.9 Å². The van der Waals surface area contributed by atoms with Crippen molar-refractivity contribution in [2.75, 3.05) is 29.8 Å². The van der Waals surface area contributed by atoms with Gasteiger partial charge in [0.2, 0.25) is 0 Å². The largest absolute Gasteiger partial charge is 0.778 e. The highest BCUT2D eigenvalue weighted by Crippen LogP contribution is 2.63. The number of ether oxygens (including phenoxy) is 1. The Labute approximate surface area is 375 Å². The molecule has 1 saturated heterocycles. The van der Waals surface area contributed by atoms with E-state index in [0.717, 1.165) is 22.0 Å². The van der Waals surface area contributed by atoms with Gasteiger partial charge >= 0.3 is 15.6 Å². The van der Waals surface area contributed by atoms with Crippen molar-refractivity contribution in [1.82, 2.24) is 19.5 Å². The number of aliphatic hydroxyl groups is 1. The SMILES string of the molecule is Cc1cccc2c(N)cccc12.Cc1cccc2c(NP(=O)(O)OP(=O)([O-])OP(C)(=O)[O-])cccc12.Nc1ncnc2c1ncn2[C@H]1C[C@@H](O)[C@@H](COP(=O)([O-])OP(=O)([O-])OP(=O)(O)O)O1.[HH]. The first-order chi connectivity index (χ1) is 30.4. The van der Waals surface area contributed by atoms with Crippen molar-refractivity contribution < 1.29 is 94.7 Å². The molecule has 3 heterocycles. The second-order valence-electron chi connectivity index (χ2n) is 13.9. The first-order valence-corrected chi connectivity index (χ1v) is 27.8. The number of aromatic nitrogens is 4. The fourth-order valence-electron chi connectivity index (χ4n) is 6.13. The molecule has 66 heavy (non-hydrogen) atoms. The zero-order valence-electron chi connectivity index (χ0n) is 34.2. The molecule has 0 amide bonds. The van der Waals surface area contributed by atoms with E-state index in [1.165, 1.54) is 34.2 Å². The number of phosphoric acid groups is 4. The van der Waals surface area contributed by atoms with Gasteiger partial charge in [0.05, 0.1) is 24.7 Å². The van der Waals surface area contributed by atoms with Crippen LogP contribution in [-0.4, -0.2) is 64.8 Å². The van der Waals surface area contributed by atoms with Crippen molar-refractivity contribution >= 4 is 96.5 Å². The van der Waals surface area contributed by atoms with Crippen LogP contribution in [0.25, 0.3) is 32.7 Å². The van der Waals surface area contributed by atoms with Gasteiger partial charge in [-0.05, 0) is 47.9 Å². The standard InChI is InChI=1S/C12H16NO8P3.C11H11N.C10H16N5O12P3.H2/c1-9-5-3-7-11-10(9)6-4-8-12(11)13-23(16,17)21-24(18,19)20-22(2,14)15;1-8-4-2-6-10-9(8)5-3-7-11(10)12;11-9-8-10(13-3-12-9)15(4-14-8)7-1-5(16)6(25-7)2-24-29(20,21)27-30(22,23)26-28(17,18)19;/h3-8H,1-2H3,(H,14,15)(H,18,19)(H2,13,16,17);2-7H,12H2,1H3;3-7,16H,1-2H2,(H,20,21)(H,22,23)(H2,11,12,13)(H2,17,18,19);1H/p-4/t;;5-,6-,7-;/m..1./s1. The van der Waals surface area contributed by atoms with Crippen LogP contribution in [0.4, 0.5) is 17.2 Å². The molecule has 1 aliphatic heterocycles. The highest BCUT2D eigenvalue weighted by molar-refractivity contribution is 7.69. The first kappa shape index (κ1) is 53.1.